The molecule has 0 amide bonds. The lowest BCUT2D eigenvalue weighted by Gasteiger charge is -1.79. The molecule has 0 rings (SSSR count). The Labute approximate surface area is 31.8 Å². The molecule has 0 fully saturated rings. The first kappa shape index (κ1) is 4.86. The molecular formula is C2H8P2. The summed E-state index contributed by atoms with van der Waals surface area (Å²) < 4.78 is 0. The zero-order chi connectivity index (χ0) is 3.58. The van der Waals surface area contributed by atoms with Crippen molar-refractivity contribution in [1.82, 2.24) is 0 Å². The molecule has 0 saturated heterocycles. The molecule has 0 aliphatic rings. The molecule has 2 heteroatoms. The van der Waals surface area contributed by atoms with Crippen LogP contribution in [0.1, 0.15) is 6.92 Å². The third kappa shape index (κ3) is 13.4. The summed E-state index contributed by atoms with van der Waals surface area (Å²) in [5.41, 5.74) is 0. The van der Waals surface area contributed by atoms with E-state index in [-0.39, 0.29) is 0 Å². The minimum Gasteiger partial charge on any atom is -0.131 e. The number of hydrogen-bond acceptors (Lipinski definition) is 0. The molecule has 2 unspecified atom stereocenters. The molecule has 0 bridgehead atoms. The Balaban J connectivity index is 2.32. The lowest BCUT2D eigenvalue weighted by molar-refractivity contribution is 1.43. The molecule has 0 heterocycles. The summed E-state index contributed by atoms with van der Waals surface area (Å²) in [6.45, 7) is 2.09. The lowest BCUT2D eigenvalue weighted by atomic mass is 12.9. The van der Waals surface area contributed by atoms with Crippen LogP contribution in [-0.4, -0.2) is 5.40 Å². The molecule has 2 atom stereocenters. The van der Waals surface area contributed by atoms with Gasteiger partial charge in [-0.05, 0) is 5.40 Å². The molecule has 0 aromatic carbocycles. The highest BCUT2D eigenvalue weighted by Crippen LogP contribution is 2.03. The predicted molar refractivity (Wildman–Crippen MR) is 28.9 cm³/mol. The Kier molecular flexibility index (Phi) is 2.57. The molecule has 0 aliphatic carbocycles. The summed E-state index contributed by atoms with van der Waals surface area (Å²) in [5.74, 6) is 0. The van der Waals surface area contributed by atoms with E-state index < -0.39 is 0 Å². The van der Waals surface area contributed by atoms with E-state index in [4.69, 9.17) is 0 Å². The fourth-order valence-corrected chi connectivity index (χ4v) is 0. The summed E-state index contributed by atoms with van der Waals surface area (Å²) in [5, 5.41) is 0.667. The Morgan fingerprint density at radius 3 is 1.50 bits per heavy atom. The van der Waals surface area contributed by atoms with Gasteiger partial charge >= 0.3 is 0 Å². The quantitative estimate of drug-likeness (QED) is 0.398. The van der Waals surface area contributed by atoms with Crippen molar-refractivity contribution in [3.05, 3.63) is 0 Å². The van der Waals surface area contributed by atoms with Gasteiger partial charge in [-0.3, -0.25) is 0 Å². The van der Waals surface area contributed by atoms with Gasteiger partial charge in [0.25, 0.3) is 0 Å². The van der Waals surface area contributed by atoms with Gasteiger partial charge in [0.2, 0.25) is 0 Å². The molecule has 0 aromatic heterocycles. The van der Waals surface area contributed by atoms with Crippen LogP contribution in [0.15, 0.2) is 0 Å². The van der Waals surface area contributed by atoms with E-state index >= 15 is 0 Å². The smallest absolute Gasteiger partial charge is 0.0146 e. The molecular weight excluding hydrogens is 90.0 g/mol. The molecule has 0 saturated carbocycles. The lowest BCUT2D eigenvalue weighted by Crippen LogP contribution is -1.59. The van der Waals surface area contributed by atoms with Crippen LogP contribution in [0, 0.1) is 0 Å². The first-order valence-corrected chi connectivity index (χ1v) is 2.58. The van der Waals surface area contributed by atoms with Gasteiger partial charge in [0, 0.05) is 0 Å². The van der Waals surface area contributed by atoms with Gasteiger partial charge < -0.3 is 0 Å². The van der Waals surface area contributed by atoms with Crippen molar-refractivity contribution in [3.63, 3.8) is 0 Å². The summed E-state index contributed by atoms with van der Waals surface area (Å²) in [6, 6.07) is 0. The average Bonchev–Trinajstić information content (AvgIpc) is 0.811. The van der Waals surface area contributed by atoms with Crippen molar-refractivity contribution in [1.29, 1.82) is 0 Å². The summed E-state index contributed by atoms with van der Waals surface area (Å²) in [6.07, 6.45) is 0. The van der Waals surface area contributed by atoms with E-state index in [1.807, 2.05) is 0 Å². The van der Waals surface area contributed by atoms with Crippen LogP contribution in [0.3, 0.4) is 0 Å². The van der Waals surface area contributed by atoms with Crippen LogP contribution in [0.5, 0.6) is 0 Å². The maximum atomic E-state index is 2.62. The van der Waals surface area contributed by atoms with E-state index in [1.165, 1.54) is 0 Å². The van der Waals surface area contributed by atoms with Crippen molar-refractivity contribution in [2.45, 2.75) is 12.3 Å². The van der Waals surface area contributed by atoms with E-state index in [1.54, 1.807) is 0 Å². The topological polar surface area (TPSA) is 0 Å². The van der Waals surface area contributed by atoms with Crippen molar-refractivity contribution in [2.24, 2.45) is 0 Å². The normalized spacial score (nSPS) is 9.00. The average molecular weight is 98.0 g/mol. The molecule has 0 N–H and O–H groups in total. The second-order valence-corrected chi connectivity index (χ2v) is 3.73. The van der Waals surface area contributed by atoms with Crippen molar-refractivity contribution in [2.75, 3.05) is 0 Å². The fraction of sp³-hybridized carbons (Fsp3) is 1.00. The highest BCUT2D eigenvalue weighted by Gasteiger charge is 1.67. The Bertz CT molecular complexity index is 8.75. The van der Waals surface area contributed by atoms with Crippen LogP contribution >= 0.6 is 18.5 Å². The Morgan fingerprint density at radius 1 is 1.50 bits per heavy atom. The van der Waals surface area contributed by atoms with Crippen molar-refractivity contribution < 1.29 is 0 Å². The van der Waals surface area contributed by atoms with Crippen LogP contribution in [-0.2, 0) is 0 Å². The van der Waals surface area contributed by atoms with Gasteiger partial charge in [-0.15, -0.1) is 18.5 Å². The summed E-state index contributed by atoms with van der Waals surface area (Å²) in [4.78, 5) is 0. The minimum atomic E-state index is 0.667. The molecule has 0 aliphatic heterocycles. The zero-order valence-electron chi connectivity index (χ0n) is 2.73. The monoisotopic (exact) mass is 98.0 g/mol. The van der Waals surface area contributed by atoms with Crippen LogP contribution in [0.2, 0.25) is 0 Å². The maximum absolute atomic E-state index is 2.62. The van der Waals surface area contributed by atoms with Crippen molar-refractivity contribution >= 4 is 18.5 Å². The van der Waals surface area contributed by atoms with Gasteiger partial charge in [-0.2, -0.15) is 0 Å². The summed E-state index contributed by atoms with van der Waals surface area (Å²) >= 11 is 0. The Hall–Kier alpha value is 0.860. The van der Waals surface area contributed by atoms with Crippen LogP contribution in [0.25, 0.3) is 0 Å². The molecule has 0 radical (unpaired) electrons. The van der Waals surface area contributed by atoms with E-state index in [0.29, 0.717) is 5.40 Å². The van der Waals surface area contributed by atoms with Gasteiger partial charge in [0.05, 0.1) is 0 Å². The number of rotatable bonds is 0. The third-order valence-electron chi connectivity index (χ3n) is 0. The summed E-state index contributed by atoms with van der Waals surface area (Å²) in [7, 11) is 5.24. The van der Waals surface area contributed by atoms with Gasteiger partial charge in [0.1, 0.15) is 0 Å². The zero-order valence-corrected chi connectivity index (χ0v) is 5.04. The molecule has 0 nitrogen and oxygen atoms in total. The van der Waals surface area contributed by atoms with E-state index in [2.05, 4.69) is 25.4 Å². The van der Waals surface area contributed by atoms with Gasteiger partial charge in [-0.25, -0.2) is 0 Å². The standard InChI is InChI=1S/C2H8P2/c1-2(3)4/h2H,3-4H2,1H3/i1+2,2+2. The SMILES string of the molecule is [14CH3][14CH](P)P. The highest BCUT2D eigenvalue weighted by atomic mass is 31.1. The first-order valence-electron chi connectivity index (χ1n) is 1.24. The first-order chi connectivity index (χ1) is 1.73. The number of hydrogen-bond donors (Lipinski definition) is 0. The van der Waals surface area contributed by atoms with E-state index in [0.717, 1.165) is 0 Å². The second kappa shape index (κ2) is 2.12. The van der Waals surface area contributed by atoms with Crippen LogP contribution < -0.4 is 0 Å². The van der Waals surface area contributed by atoms with Gasteiger partial charge in [-0.1, -0.05) is 6.92 Å². The Morgan fingerprint density at radius 2 is 1.50 bits per heavy atom. The molecule has 26 valence electrons. The fourth-order valence-electron chi connectivity index (χ4n) is 0. The molecule has 0 spiro atoms. The van der Waals surface area contributed by atoms with E-state index in [9.17, 15) is 0 Å². The van der Waals surface area contributed by atoms with Crippen LogP contribution in [0.4, 0.5) is 0 Å². The van der Waals surface area contributed by atoms with Crippen molar-refractivity contribution in [3.8, 4) is 0 Å². The largest absolute Gasteiger partial charge is 0.131 e. The van der Waals surface area contributed by atoms with Gasteiger partial charge in [0.15, 0.2) is 0 Å². The molecule has 0 aromatic rings. The predicted octanol–water partition coefficient (Wildman–Crippen LogP) is 1.08. The third-order valence-corrected chi connectivity index (χ3v) is 0. The second-order valence-electron chi connectivity index (χ2n) is 0.859. The maximum Gasteiger partial charge on any atom is -0.0146 e. The minimum absolute atomic E-state index is 0.667. The highest BCUT2D eigenvalue weighted by molar-refractivity contribution is 7.37. The molecule has 4 heavy (non-hydrogen) atoms.